The number of nitrogens with one attached hydrogen (secondary N) is 1. The van der Waals surface area contributed by atoms with Crippen molar-refractivity contribution in [3.8, 4) is 0 Å². The SMILES string of the molecule is CCCc1ccc(C(=O)N2c3c(C)cccc3C(Nc3ccccc3C)CC2C)cc1. The molecular weight excluding hydrogens is 380 g/mol. The number of hydrogen-bond donors (Lipinski definition) is 1. The van der Waals surface area contributed by atoms with Crippen LogP contribution in [0.1, 0.15) is 65.3 Å². The third-order valence-corrected chi connectivity index (χ3v) is 6.34. The Kier molecular flexibility index (Phi) is 6.13. The van der Waals surface area contributed by atoms with Gasteiger partial charge in [0.15, 0.2) is 0 Å². The Bertz CT molecular complexity index is 1070. The van der Waals surface area contributed by atoms with Crippen molar-refractivity contribution in [2.75, 3.05) is 10.2 Å². The highest BCUT2D eigenvalue weighted by atomic mass is 16.2. The van der Waals surface area contributed by atoms with Crippen LogP contribution in [0.2, 0.25) is 0 Å². The van der Waals surface area contributed by atoms with E-state index in [1.165, 1.54) is 16.7 Å². The van der Waals surface area contributed by atoms with Crippen LogP contribution >= 0.6 is 0 Å². The molecule has 3 nitrogen and oxygen atoms in total. The summed E-state index contributed by atoms with van der Waals surface area (Å²) in [4.78, 5) is 15.6. The first-order chi connectivity index (χ1) is 15.0. The minimum Gasteiger partial charge on any atom is -0.378 e. The van der Waals surface area contributed by atoms with Gasteiger partial charge in [0.1, 0.15) is 0 Å². The molecule has 2 unspecified atom stereocenters. The van der Waals surface area contributed by atoms with Crippen LogP contribution in [-0.4, -0.2) is 11.9 Å². The number of aryl methyl sites for hydroxylation is 3. The molecule has 1 N–H and O–H groups in total. The minimum atomic E-state index is 0.0837. The maximum absolute atomic E-state index is 13.6. The van der Waals surface area contributed by atoms with Crippen molar-refractivity contribution in [2.45, 2.75) is 59.0 Å². The van der Waals surface area contributed by atoms with Crippen molar-refractivity contribution in [2.24, 2.45) is 0 Å². The van der Waals surface area contributed by atoms with Crippen LogP contribution in [0.25, 0.3) is 0 Å². The highest BCUT2D eigenvalue weighted by Gasteiger charge is 2.35. The molecule has 31 heavy (non-hydrogen) atoms. The molecule has 1 aliphatic rings. The fraction of sp³-hybridized carbons (Fsp3) is 0.321. The molecule has 0 saturated carbocycles. The molecule has 0 aliphatic carbocycles. The van der Waals surface area contributed by atoms with Crippen LogP contribution < -0.4 is 10.2 Å². The first-order valence-corrected chi connectivity index (χ1v) is 11.3. The Balaban J connectivity index is 1.69. The lowest BCUT2D eigenvalue weighted by atomic mass is 9.88. The second-order valence-electron chi connectivity index (χ2n) is 8.73. The number of fused-ring (bicyclic) bond motifs is 1. The Hall–Kier alpha value is -3.07. The fourth-order valence-corrected chi connectivity index (χ4v) is 4.69. The van der Waals surface area contributed by atoms with Crippen molar-refractivity contribution < 1.29 is 4.79 Å². The number of anilines is 2. The number of carbonyl (C=O) groups excluding carboxylic acids is 1. The highest BCUT2D eigenvalue weighted by molar-refractivity contribution is 6.07. The topological polar surface area (TPSA) is 32.3 Å². The van der Waals surface area contributed by atoms with Crippen molar-refractivity contribution in [1.82, 2.24) is 0 Å². The number of amides is 1. The van der Waals surface area contributed by atoms with E-state index in [0.717, 1.165) is 41.8 Å². The van der Waals surface area contributed by atoms with E-state index in [1.807, 2.05) is 17.0 Å². The van der Waals surface area contributed by atoms with Crippen molar-refractivity contribution in [3.63, 3.8) is 0 Å². The molecule has 1 amide bonds. The number of nitrogens with zero attached hydrogens (tertiary/aromatic N) is 1. The third kappa shape index (κ3) is 4.23. The summed E-state index contributed by atoms with van der Waals surface area (Å²) in [6.45, 7) is 8.57. The van der Waals surface area contributed by atoms with Gasteiger partial charge in [-0.25, -0.2) is 0 Å². The van der Waals surface area contributed by atoms with E-state index in [0.29, 0.717) is 0 Å². The molecule has 3 heteroatoms. The van der Waals surface area contributed by atoms with Crippen LogP contribution in [0.15, 0.2) is 66.7 Å². The van der Waals surface area contributed by atoms with Gasteiger partial charge in [-0.15, -0.1) is 0 Å². The molecule has 4 rings (SSSR count). The maximum Gasteiger partial charge on any atom is 0.258 e. The Labute approximate surface area is 186 Å². The Morgan fingerprint density at radius 3 is 2.39 bits per heavy atom. The van der Waals surface area contributed by atoms with Crippen LogP contribution in [0.5, 0.6) is 0 Å². The summed E-state index contributed by atoms with van der Waals surface area (Å²) in [7, 11) is 0. The third-order valence-electron chi connectivity index (χ3n) is 6.34. The van der Waals surface area contributed by atoms with E-state index in [2.05, 4.69) is 87.6 Å². The van der Waals surface area contributed by atoms with E-state index in [4.69, 9.17) is 0 Å². The number of hydrogen-bond acceptors (Lipinski definition) is 2. The highest BCUT2D eigenvalue weighted by Crippen LogP contribution is 2.41. The number of benzene rings is 3. The molecule has 3 aromatic rings. The minimum absolute atomic E-state index is 0.0837. The van der Waals surface area contributed by atoms with Gasteiger partial charge in [0, 0.05) is 17.3 Å². The van der Waals surface area contributed by atoms with E-state index >= 15 is 0 Å². The van der Waals surface area contributed by atoms with Gasteiger partial charge in [0.25, 0.3) is 5.91 Å². The molecule has 3 aromatic carbocycles. The molecular formula is C28H32N2O. The van der Waals surface area contributed by atoms with Gasteiger partial charge < -0.3 is 10.2 Å². The van der Waals surface area contributed by atoms with Gasteiger partial charge in [-0.3, -0.25) is 4.79 Å². The second kappa shape index (κ2) is 8.97. The van der Waals surface area contributed by atoms with Gasteiger partial charge in [-0.05, 0) is 74.1 Å². The summed E-state index contributed by atoms with van der Waals surface area (Å²) < 4.78 is 0. The van der Waals surface area contributed by atoms with Crippen LogP contribution in [-0.2, 0) is 6.42 Å². The van der Waals surface area contributed by atoms with Crippen molar-refractivity contribution >= 4 is 17.3 Å². The number of rotatable bonds is 5. The van der Waals surface area contributed by atoms with E-state index in [1.54, 1.807) is 0 Å². The lowest BCUT2D eigenvalue weighted by molar-refractivity contribution is 0.0974. The molecule has 1 aliphatic heterocycles. The summed E-state index contributed by atoms with van der Waals surface area (Å²) >= 11 is 0. The number of carbonyl (C=O) groups is 1. The lowest BCUT2D eigenvalue weighted by Crippen LogP contribution is -2.44. The van der Waals surface area contributed by atoms with Crippen LogP contribution in [0, 0.1) is 13.8 Å². The summed E-state index contributed by atoms with van der Waals surface area (Å²) in [6, 6.07) is 23.2. The van der Waals surface area contributed by atoms with E-state index in [-0.39, 0.29) is 18.0 Å². The summed E-state index contributed by atoms with van der Waals surface area (Å²) in [5.41, 5.74) is 7.80. The molecule has 0 aromatic heterocycles. The zero-order valence-corrected chi connectivity index (χ0v) is 19.0. The Morgan fingerprint density at radius 2 is 1.68 bits per heavy atom. The van der Waals surface area contributed by atoms with Crippen LogP contribution in [0.4, 0.5) is 11.4 Å². The molecule has 2 atom stereocenters. The van der Waals surface area contributed by atoms with Crippen molar-refractivity contribution in [1.29, 1.82) is 0 Å². The van der Waals surface area contributed by atoms with Gasteiger partial charge >= 0.3 is 0 Å². The largest absolute Gasteiger partial charge is 0.378 e. The fourth-order valence-electron chi connectivity index (χ4n) is 4.69. The molecule has 160 valence electrons. The number of para-hydroxylation sites is 2. The average molecular weight is 413 g/mol. The van der Waals surface area contributed by atoms with Crippen molar-refractivity contribution in [3.05, 3.63) is 94.5 Å². The van der Waals surface area contributed by atoms with Gasteiger partial charge in [-0.1, -0.05) is 61.9 Å². The predicted octanol–water partition coefficient (Wildman–Crippen LogP) is 6.85. The lowest BCUT2D eigenvalue weighted by Gasteiger charge is -2.41. The van der Waals surface area contributed by atoms with E-state index < -0.39 is 0 Å². The zero-order chi connectivity index (χ0) is 22.0. The second-order valence-corrected chi connectivity index (χ2v) is 8.73. The Morgan fingerprint density at radius 1 is 0.968 bits per heavy atom. The summed E-state index contributed by atoms with van der Waals surface area (Å²) in [5, 5.41) is 3.75. The summed E-state index contributed by atoms with van der Waals surface area (Å²) in [5.74, 6) is 0.0837. The zero-order valence-electron chi connectivity index (χ0n) is 19.0. The smallest absolute Gasteiger partial charge is 0.258 e. The van der Waals surface area contributed by atoms with Crippen LogP contribution in [0.3, 0.4) is 0 Å². The first-order valence-electron chi connectivity index (χ1n) is 11.3. The molecule has 0 radical (unpaired) electrons. The van der Waals surface area contributed by atoms with Gasteiger partial charge in [0.05, 0.1) is 11.7 Å². The predicted molar refractivity (Wildman–Crippen MR) is 130 cm³/mol. The first kappa shape index (κ1) is 21.2. The monoisotopic (exact) mass is 412 g/mol. The molecule has 0 spiro atoms. The van der Waals surface area contributed by atoms with Gasteiger partial charge in [-0.2, -0.15) is 0 Å². The standard InChI is InChI=1S/C28H32N2O/c1-5-9-22-14-16-23(17-15-22)28(31)30-21(4)18-26(24-12-8-11-20(3)27(24)30)29-25-13-7-6-10-19(25)2/h6-8,10-17,21,26,29H,5,9,18H2,1-4H3. The molecule has 0 saturated heterocycles. The average Bonchev–Trinajstić information content (AvgIpc) is 2.76. The van der Waals surface area contributed by atoms with Gasteiger partial charge in [0.2, 0.25) is 0 Å². The quantitative estimate of drug-likeness (QED) is 0.497. The maximum atomic E-state index is 13.6. The normalized spacial score (nSPS) is 17.9. The molecule has 1 heterocycles. The summed E-state index contributed by atoms with van der Waals surface area (Å²) in [6.07, 6.45) is 3.02. The molecule has 0 bridgehead atoms. The molecule has 0 fully saturated rings. The van der Waals surface area contributed by atoms with E-state index in [9.17, 15) is 4.79 Å².